The fraction of sp³-hybridized carbons (Fsp3) is 0.400. The van der Waals surface area contributed by atoms with E-state index in [1.165, 1.54) is 27.2 Å². The van der Waals surface area contributed by atoms with Gasteiger partial charge >= 0.3 is 0 Å². The average molecular weight is 451 g/mol. The lowest BCUT2D eigenvalue weighted by atomic mass is 9.81. The molecule has 160 valence electrons. The molecule has 2 aromatic carbocycles. The summed E-state index contributed by atoms with van der Waals surface area (Å²) in [4.78, 5) is 32.1. The molecule has 1 aliphatic carbocycles. The van der Waals surface area contributed by atoms with Crippen LogP contribution in [0, 0.1) is 32.6 Å². The van der Waals surface area contributed by atoms with Gasteiger partial charge in [0.25, 0.3) is 0 Å². The molecule has 0 bridgehead atoms. The van der Waals surface area contributed by atoms with Crippen molar-refractivity contribution in [3.63, 3.8) is 0 Å². The zero-order valence-corrected chi connectivity index (χ0v) is 19.7. The van der Waals surface area contributed by atoms with E-state index in [9.17, 15) is 9.59 Å². The van der Waals surface area contributed by atoms with E-state index in [4.69, 9.17) is 4.98 Å². The Hall–Kier alpha value is -2.18. The third-order valence-corrected chi connectivity index (χ3v) is 8.82. The Morgan fingerprint density at radius 2 is 1.65 bits per heavy atom. The summed E-state index contributed by atoms with van der Waals surface area (Å²) >= 11 is 3.38. The highest BCUT2D eigenvalue weighted by atomic mass is 32.2. The maximum atomic E-state index is 12.9. The van der Waals surface area contributed by atoms with E-state index in [1.54, 1.807) is 23.1 Å². The minimum absolute atomic E-state index is 0.0153. The molecular formula is C25H26N2O2S2. The highest BCUT2D eigenvalue weighted by Crippen LogP contribution is 2.41. The van der Waals surface area contributed by atoms with E-state index < -0.39 is 0 Å². The quantitative estimate of drug-likeness (QED) is 0.351. The van der Waals surface area contributed by atoms with E-state index in [1.807, 2.05) is 18.2 Å². The van der Waals surface area contributed by atoms with Crippen molar-refractivity contribution in [1.29, 1.82) is 0 Å². The number of carbonyl (C=O) groups excluding carboxylic acids is 2. The van der Waals surface area contributed by atoms with E-state index in [0.717, 1.165) is 46.0 Å². The Labute approximate surface area is 191 Å². The minimum atomic E-state index is -0.120. The first-order valence-electron chi connectivity index (χ1n) is 10.9. The van der Waals surface area contributed by atoms with Crippen LogP contribution in [0.25, 0.3) is 10.2 Å². The number of thiazole rings is 1. The monoisotopic (exact) mass is 450 g/mol. The first kappa shape index (κ1) is 20.7. The third kappa shape index (κ3) is 3.70. The molecule has 1 aromatic heterocycles. The lowest BCUT2D eigenvalue weighted by Crippen LogP contribution is -2.30. The average Bonchev–Trinajstić information content (AvgIpc) is 3.25. The molecule has 1 aliphatic heterocycles. The summed E-state index contributed by atoms with van der Waals surface area (Å²) in [6.45, 7) is 6.47. The summed E-state index contributed by atoms with van der Waals surface area (Å²) in [7, 11) is 0. The number of nitrogens with zero attached hydrogens (tertiary/aromatic N) is 2. The molecule has 1 saturated heterocycles. The van der Waals surface area contributed by atoms with E-state index >= 15 is 0 Å². The molecule has 5 rings (SSSR count). The molecule has 2 amide bonds. The van der Waals surface area contributed by atoms with Crippen LogP contribution in [0.3, 0.4) is 0 Å². The van der Waals surface area contributed by atoms with Gasteiger partial charge in [0.2, 0.25) is 11.8 Å². The number of hydrogen-bond acceptors (Lipinski definition) is 5. The molecule has 6 heteroatoms. The van der Waals surface area contributed by atoms with Crippen molar-refractivity contribution in [3.8, 4) is 0 Å². The number of aromatic nitrogens is 1. The maximum Gasteiger partial charge on any atom is 0.237 e. The minimum Gasteiger partial charge on any atom is -0.274 e. The summed E-state index contributed by atoms with van der Waals surface area (Å²) in [5, 5.41) is 0. The molecule has 3 aromatic rings. The summed E-state index contributed by atoms with van der Waals surface area (Å²) in [5.74, 6) is 0.616. The molecule has 2 aliphatic rings. The standard InChI is InChI=1S/C25H26N2O2S2/c1-14-10-15(2)20(16(3)11-14)13-30-25-26-21-9-8-17(12-22(21)31-25)27-23(28)18-6-4-5-7-19(18)24(27)29/h8-12,18-19H,4-7,13H2,1-3H3/t18-,19-/m0/s1. The van der Waals surface area contributed by atoms with E-state index in [-0.39, 0.29) is 23.7 Å². The van der Waals surface area contributed by atoms with Crippen molar-refractivity contribution in [2.45, 2.75) is 56.5 Å². The number of amides is 2. The molecule has 2 fully saturated rings. The molecule has 0 N–H and O–H groups in total. The number of anilines is 1. The summed E-state index contributed by atoms with van der Waals surface area (Å²) < 4.78 is 2.03. The zero-order chi connectivity index (χ0) is 21.7. The number of benzene rings is 2. The van der Waals surface area contributed by atoms with Crippen molar-refractivity contribution in [1.82, 2.24) is 4.98 Å². The molecule has 0 radical (unpaired) electrons. The number of hydrogen-bond donors (Lipinski definition) is 0. The van der Waals surface area contributed by atoms with Crippen LogP contribution in [0.4, 0.5) is 5.69 Å². The zero-order valence-electron chi connectivity index (χ0n) is 18.1. The fourth-order valence-corrected chi connectivity index (χ4v) is 7.38. The summed E-state index contributed by atoms with van der Waals surface area (Å²) in [6.07, 6.45) is 3.77. The van der Waals surface area contributed by atoms with Gasteiger partial charge in [-0.15, -0.1) is 11.3 Å². The SMILES string of the molecule is Cc1cc(C)c(CSc2nc3ccc(N4C(=O)[C@H]5CCCC[C@@H]5C4=O)cc3s2)c(C)c1. The number of carbonyl (C=O) groups is 2. The second-order valence-electron chi connectivity index (χ2n) is 8.81. The van der Waals surface area contributed by atoms with Gasteiger partial charge in [0.05, 0.1) is 27.7 Å². The lowest BCUT2D eigenvalue weighted by molar-refractivity contribution is -0.122. The first-order chi connectivity index (χ1) is 14.9. The van der Waals surface area contributed by atoms with Gasteiger partial charge in [-0.3, -0.25) is 14.5 Å². The molecule has 4 nitrogen and oxygen atoms in total. The van der Waals surface area contributed by atoms with Gasteiger partial charge in [0.15, 0.2) is 4.34 Å². The van der Waals surface area contributed by atoms with Crippen LogP contribution < -0.4 is 4.90 Å². The van der Waals surface area contributed by atoms with Gasteiger partial charge in [-0.25, -0.2) is 4.98 Å². The van der Waals surface area contributed by atoms with Gasteiger partial charge in [-0.1, -0.05) is 42.3 Å². The Kier molecular flexibility index (Phi) is 5.39. The Morgan fingerprint density at radius 3 is 2.29 bits per heavy atom. The van der Waals surface area contributed by atoms with Crippen molar-refractivity contribution in [2.24, 2.45) is 11.8 Å². The Morgan fingerprint density at radius 1 is 1.00 bits per heavy atom. The van der Waals surface area contributed by atoms with E-state index in [0.29, 0.717) is 5.69 Å². The van der Waals surface area contributed by atoms with Gasteiger partial charge < -0.3 is 0 Å². The highest BCUT2D eigenvalue weighted by Gasteiger charge is 2.48. The largest absolute Gasteiger partial charge is 0.274 e. The van der Waals surface area contributed by atoms with Crippen LogP contribution in [0.15, 0.2) is 34.7 Å². The molecule has 1 saturated carbocycles. The smallest absolute Gasteiger partial charge is 0.237 e. The number of thioether (sulfide) groups is 1. The molecule has 31 heavy (non-hydrogen) atoms. The molecule has 2 heterocycles. The molecular weight excluding hydrogens is 424 g/mol. The predicted molar refractivity (Wildman–Crippen MR) is 128 cm³/mol. The van der Waals surface area contributed by atoms with E-state index in [2.05, 4.69) is 32.9 Å². The third-order valence-electron chi connectivity index (χ3n) is 6.63. The van der Waals surface area contributed by atoms with Gasteiger partial charge in [-0.2, -0.15) is 0 Å². The second-order valence-corrected chi connectivity index (χ2v) is 11.1. The highest BCUT2D eigenvalue weighted by molar-refractivity contribution is 8.00. The molecule has 2 atom stereocenters. The van der Waals surface area contributed by atoms with Crippen LogP contribution >= 0.6 is 23.1 Å². The van der Waals surface area contributed by atoms with Gasteiger partial charge in [0.1, 0.15) is 0 Å². The lowest BCUT2D eigenvalue weighted by Gasteiger charge is -2.19. The number of rotatable bonds is 4. The van der Waals surface area contributed by atoms with Gasteiger partial charge in [-0.05, 0) is 68.5 Å². The summed E-state index contributed by atoms with van der Waals surface area (Å²) in [5.41, 5.74) is 6.92. The number of imide groups is 1. The van der Waals surface area contributed by atoms with Crippen LogP contribution in [-0.4, -0.2) is 16.8 Å². The second kappa shape index (κ2) is 8.06. The Bertz CT molecular complexity index is 1150. The molecule has 0 unspecified atom stereocenters. The summed E-state index contributed by atoms with van der Waals surface area (Å²) in [6, 6.07) is 10.2. The van der Waals surface area contributed by atoms with Crippen molar-refractivity contribution in [3.05, 3.63) is 52.6 Å². The predicted octanol–water partition coefficient (Wildman–Crippen LogP) is 6.19. The number of aryl methyl sites for hydroxylation is 3. The van der Waals surface area contributed by atoms with Crippen LogP contribution in [0.1, 0.15) is 47.9 Å². The van der Waals surface area contributed by atoms with Gasteiger partial charge in [0, 0.05) is 5.75 Å². The van der Waals surface area contributed by atoms with Crippen molar-refractivity contribution in [2.75, 3.05) is 4.90 Å². The fourth-order valence-electron chi connectivity index (χ4n) is 5.08. The molecule has 0 spiro atoms. The van der Waals surface area contributed by atoms with Crippen LogP contribution in [0.5, 0.6) is 0 Å². The number of fused-ring (bicyclic) bond motifs is 2. The first-order valence-corrected chi connectivity index (χ1v) is 12.7. The van der Waals surface area contributed by atoms with Crippen molar-refractivity contribution >= 4 is 50.8 Å². The topological polar surface area (TPSA) is 50.3 Å². The van der Waals surface area contributed by atoms with Crippen molar-refractivity contribution < 1.29 is 9.59 Å². The maximum absolute atomic E-state index is 12.9. The Balaban J connectivity index is 1.38. The van der Waals surface area contributed by atoms with Crippen LogP contribution in [-0.2, 0) is 15.3 Å². The van der Waals surface area contributed by atoms with Crippen LogP contribution in [0.2, 0.25) is 0 Å². The normalized spacial score (nSPS) is 21.2.